The van der Waals surface area contributed by atoms with Gasteiger partial charge < -0.3 is 5.73 Å². The van der Waals surface area contributed by atoms with Crippen molar-refractivity contribution in [1.29, 1.82) is 0 Å². The first-order valence-corrected chi connectivity index (χ1v) is 3.02. The van der Waals surface area contributed by atoms with Gasteiger partial charge in [-0.05, 0) is 0 Å². The molecule has 0 bridgehead atoms. The SMILES string of the molecule is Nc1nc(F)cc2nccn12. The Morgan fingerprint density at radius 3 is 3.18 bits per heavy atom. The molecule has 0 aliphatic heterocycles. The minimum absolute atomic E-state index is 0.109. The summed E-state index contributed by atoms with van der Waals surface area (Å²) in [5.74, 6) is -0.501. The van der Waals surface area contributed by atoms with Crippen molar-refractivity contribution in [3.63, 3.8) is 0 Å². The highest BCUT2D eigenvalue weighted by molar-refractivity contribution is 5.42. The fourth-order valence-electron chi connectivity index (χ4n) is 0.918. The minimum Gasteiger partial charge on any atom is -0.369 e. The molecule has 0 amide bonds. The first kappa shape index (κ1) is 6.09. The van der Waals surface area contributed by atoms with E-state index >= 15 is 0 Å². The largest absolute Gasteiger partial charge is 0.369 e. The molecule has 11 heavy (non-hydrogen) atoms. The van der Waals surface area contributed by atoms with E-state index in [0.29, 0.717) is 5.65 Å². The topological polar surface area (TPSA) is 56.2 Å². The molecule has 0 aliphatic rings. The third kappa shape index (κ3) is 0.813. The lowest BCUT2D eigenvalue weighted by molar-refractivity contribution is 0.583. The highest BCUT2D eigenvalue weighted by atomic mass is 19.1. The van der Waals surface area contributed by atoms with Crippen molar-refractivity contribution in [3.05, 3.63) is 24.4 Å². The van der Waals surface area contributed by atoms with Gasteiger partial charge >= 0.3 is 0 Å². The molecule has 0 saturated carbocycles. The summed E-state index contributed by atoms with van der Waals surface area (Å²) >= 11 is 0. The Hall–Kier alpha value is -1.65. The normalized spacial score (nSPS) is 10.6. The van der Waals surface area contributed by atoms with E-state index in [-0.39, 0.29) is 5.95 Å². The van der Waals surface area contributed by atoms with Gasteiger partial charge in [-0.25, -0.2) is 4.98 Å². The molecular weight excluding hydrogens is 147 g/mol. The van der Waals surface area contributed by atoms with Gasteiger partial charge in [0, 0.05) is 18.5 Å². The van der Waals surface area contributed by atoms with Crippen LogP contribution in [0.2, 0.25) is 0 Å². The van der Waals surface area contributed by atoms with Crippen LogP contribution >= 0.6 is 0 Å². The van der Waals surface area contributed by atoms with Crippen LogP contribution in [0.1, 0.15) is 0 Å². The molecule has 0 atom stereocenters. The number of halogens is 1. The van der Waals surface area contributed by atoms with Gasteiger partial charge in [-0.3, -0.25) is 4.40 Å². The van der Waals surface area contributed by atoms with Crippen molar-refractivity contribution in [2.24, 2.45) is 0 Å². The molecule has 56 valence electrons. The molecule has 2 N–H and O–H groups in total. The number of hydrogen-bond donors (Lipinski definition) is 1. The number of imidazole rings is 1. The van der Waals surface area contributed by atoms with Crippen LogP contribution in [0.15, 0.2) is 18.5 Å². The molecule has 0 unspecified atom stereocenters. The van der Waals surface area contributed by atoms with Crippen molar-refractivity contribution < 1.29 is 4.39 Å². The smallest absolute Gasteiger partial charge is 0.219 e. The van der Waals surface area contributed by atoms with Gasteiger partial charge in [0.05, 0.1) is 0 Å². The van der Waals surface area contributed by atoms with E-state index in [1.807, 2.05) is 0 Å². The van der Waals surface area contributed by atoms with Gasteiger partial charge in [-0.15, -0.1) is 0 Å². The van der Waals surface area contributed by atoms with E-state index in [1.54, 1.807) is 6.20 Å². The first-order chi connectivity index (χ1) is 5.27. The molecule has 4 nitrogen and oxygen atoms in total. The van der Waals surface area contributed by atoms with Crippen LogP contribution in [0, 0.1) is 5.95 Å². The van der Waals surface area contributed by atoms with Crippen LogP contribution in [-0.2, 0) is 0 Å². The zero-order valence-electron chi connectivity index (χ0n) is 5.53. The van der Waals surface area contributed by atoms with Crippen LogP contribution in [-0.4, -0.2) is 14.4 Å². The van der Waals surface area contributed by atoms with Gasteiger partial charge in [0.2, 0.25) is 11.9 Å². The highest BCUT2D eigenvalue weighted by Crippen LogP contribution is 2.05. The average Bonchev–Trinajstić information content (AvgIpc) is 2.34. The van der Waals surface area contributed by atoms with E-state index in [1.165, 1.54) is 16.7 Å². The number of nitrogens with zero attached hydrogens (tertiary/aromatic N) is 3. The molecule has 2 rings (SSSR count). The molecule has 0 spiro atoms. The molecule has 0 aliphatic carbocycles. The highest BCUT2D eigenvalue weighted by Gasteiger charge is 2.00. The fraction of sp³-hybridized carbons (Fsp3) is 0. The molecular formula is C6H5FN4. The van der Waals surface area contributed by atoms with Crippen molar-refractivity contribution in [2.75, 3.05) is 5.73 Å². The van der Waals surface area contributed by atoms with Gasteiger partial charge in [-0.1, -0.05) is 0 Å². The van der Waals surface area contributed by atoms with Crippen molar-refractivity contribution in [2.45, 2.75) is 0 Å². The van der Waals surface area contributed by atoms with Crippen LogP contribution in [0.4, 0.5) is 10.3 Å². The lowest BCUT2D eigenvalue weighted by atomic mass is 10.6. The summed E-state index contributed by atoms with van der Waals surface area (Å²) in [7, 11) is 0. The number of aromatic nitrogens is 3. The number of nitrogen functional groups attached to an aromatic ring is 1. The van der Waals surface area contributed by atoms with Gasteiger partial charge in [0.15, 0.2) is 0 Å². The summed E-state index contributed by atoms with van der Waals surface area (Å²) in [5, 5.41) is 0. The first-order valence-electron chi connectivity index (χ1n) is 3.02. The van der Waals surface area contributed by atoms with Crippen LogP contribution in [0.5, 0.6) is 0 Å². The quantitative estimate of drug-likeness (QED) is 0.557. The van der Waals surface area contributed by atoms with E-state index < -0.39 is 5.95 Å². The molecule has 5 heteroatoms. The second kappa shape index (κ2) is 1.91. The van der Waals surface area contributed by atoms with E-state index in [9.17, 15) is 4.39 Å². The Morgan fingerprint density at radius 2 is 2.36 bits per heavy atom. The summed E-state index contributed by atoms with van der Waals surface area (Å²) < 4.78 is 14.0. The second-order valence-electron chi connectivity index (χ2n) is 2.09. The maximum absolute atomic E-state index is 12.5. The molecule has 0 fully saturated rings. The summed E-state index contributed by atoms with van der Waals surface area (Å²) in [5.41, 5.74) is 5.84. The molecule has 0 radical (unpaired) electrons. The Kier molecular flexibility index (Phi) is 1.06. The van der Waals surface area contributed by atoms with Crippen LogP contribution < -0.4 is 5.73 Å². The number of nitrogens with two attached hydrogens (primary N) is 1. The Balaban J connectivity index is 2.91. The molecule has 2 heterocycles. The van der Waals surface area contributed by atoms with Crippen molar-refractivity contribution in [3.8, 4) is 0 Å². The molecule has 0 aromatic carbocycles. The zero-order valence-corrected chi connectivity index (χ0v) is 5.53. The number of hydrogen-bond acceptors (Lipinski definition) is 3. The second-order valence-corrected chi connectivity index (χ2v) is 2.09. The fourth-order valence-corrected chi connectivity index (χ4v) is 0.918. The number of anilines is 1. The predicted molar refractivity (Wildman–Crippen MR) is 37.4 cm³/mol. The third-order valence-electron chi connectivity index (χ3n) is 1.39. The third-order valence-corrected chi connectivity index (χ3v) is 1.39. The van der Waals surface area contributed by atoms with Crippen LogP contribution in [0.3, 0.4) is 0 Å². The average molecular weight is 152 g/mol. The Labute approximate surface area is 61.5 Å². The summed E-state index contributed by atoms with van der Waals surface area (Å²) in [6.07, 6.45) is 3.16. The van der Waals surface area contributed by atoms with E-state index in [4.69, 9.17) is 5.73 Å². The predicted octanol–water partition coefficient (Wildman–Crippen LogP) is 0.451. The number of rotatable bonds is 0. The monoisotopic (exact) mass is 152 g/mol. The molecule has 0 saturated heterocycles. The standard InChI is InChI=1S/C6H5FN4/c7-4-3-5-9-1-2-11(5)6(8)10-4/h1-3H,(H2,8,10). The lowest BCUT2D eigenvalue weighted by Gasteiger charge is -1.96. The van der Waals surface area contributed by atoms with Gasteiger partial charge in [0.1, 0.15) is 5.65 Å². The maximum Gasteiger partial charge on any atom is 0.219 e. The summed E-state index contributed by atoms with van der Waals surface area (Å²) in [6.45, 7) is 0. The maximum atomic E-state index is 12.5. The molecule has 2 aromatic rings. The van der Waals surface area contributed by atoms with Crippen molar-refractivity contribution in [1.82, 2.24) is 14.4 Å². The van der Waals surface area contributed by atoms with Crippen molar-refractivity contribution >= 4 is 11.6 Å². The minimum atomic E-state index is -0.610. The number of fused-ring (bicyclic) bond motifs is 1. The van der Waals surface area contributed by atoms with Crippen LogP contribution in [0.25, 0.3) is 5.65 Å². The van der Waals surface area contributed by atoms with Gasteiger partial charge in [-0.2, -0.15) is 9.37 Å². The Morgan fingerprint density at radius 1 is 1.55 bits per heavy atom. The van der Waals surface area contributed by atoms with E-state index in [0.717, 1.165) is 0 Å². The van der Waals surface area contributed by atoms with Gasteiger partial charge in [0.25, 0.3) is 0 Å². The summed E-state index contributed by atoms with van der Waals surface area (Å²) in [4.78, 5) is 7.25. The summed E-state index contributed by atoms with van der Waals surface area (Å²) in [6, 6.07) is 1.22. The molecule has 2 aromatic heterocycles. The Bertz CT molecular complexity index is 394. The lowest BCUT2D eigenvalue weighted by Crippen LogP contribution is -2.00. The van der Waals surface area contributed by atoms with E-state index in [2.05, 4.69) is 9.97 Å². The zero-order chi connectivity index (χ0) is 7.84.